The Balaban J connectivity index is 1.34. The van der Waals surface area contributed by atoms with Gasteiger partial charge < -0.3 is 13.9 Å². The van der Waals surface area contributed by atoms with Gasteiger partial charge in [0.05, 0.1) is 38.1 Å². The SMILES string of the molecule is CC(C)(C)c1ccc(N2c3ccc(C(C)(C)C)cc3B3c4c2c2c5cc(C(C)(C)C)ccc5n5c6c7ccccc7sc6c(c4-n4c6ccc(C(C)(C)C)cc6c6cc(C(C)(C)C)cc3c64)c25)cc1. The van der Waals surface area contributed by atoms with E-state index in [0.29, 0.717) is 0 Å². The van der Waals surface area contributed by atoms with Crippen molar-refractivity contribution in [2.75, 3.05) is 4.90 Å². The van der Waals surface area contributed by atoms with Crippen molar-refractivity contribution < 1.29 is 0 Å². The van der Waals surface area contributed by atoms with Crippen LogP contribution in [-0.4, -0.2) is 15.7 Å². The van der Waals surface area contributed by atoms with Crippen LogP contribution in [0.5, 0.6) is 0 Å². The Morgan fingerprint density at radius 2 is 0.971 bits per heavy atom. The number of thiophene rings is 1. The molecule has 13 rings (SSSR count). The average Bonchev–Trinajstić information content (AvgIpc) is 4.00. The summed E-state index contributed by atoms with van der Waals surface area (Å²) in [5.74, 6) is 0. The van der Waals surface area contributed by atoms with Gasteiger partial charge in [0.2, 0.25) is 0 Å². The largest absolute Gasteiger partial charge is 0.311 e. The maximum Gasteiger partial charge on any atom is 0.252 e. The van der Waals surface area contributed by atoms with E-state index >= 15 is 0 Å². The van der Waals surface area contributed by atoms with Crippen LogP contribution in [0.2, 0.25) is 0 Å². The lowest BCUT2D eigenvalue weighted by molar-refractivity contribution is 0.590. The lowest BCUT2D eigenvalue weighted by Crippen LogP contribution is -2.61. The minimum Gasteiger partial charge on any atom is -0.311 e. The van der Waals surface area contributed by atoms with Gasteiger partial charge in [-0.1, -0.05) is 165 Å². The monoisotopic (exact) mass is 917 g/mol. The highest BCUT2D eigenvalue weighted by atomic mass is 32.1. The Hall–Kier alpha value is -6.04. The molecule has 6 heterocycles. The van der Waals surface area contributed by atoms with Gasteiger partial charge in [0.1, 0.15) is 0 Å². The molecule has 2 aliphatic heterocycles. The molecule has 11 aromatic rings. The first-order valence-electron chi connectivity index (χ1n) is 25.3. The number of rotatable bonds is 1. The molecule has 0 N–H and O–H groups in total. The maximum atomic E-state index is 2.75. The second-order valence-electron chi connectivity index (χ2n) is 25.9. The van der Waals surface area contributed by atoms with Gasteiger partial charge in [-0.25, -0.2) is 0 Å². The van der Waals surface area contributed by atoms with Crippen molar-refractivity contribution in [3.05, 3.63) is 143 Å². The fourth-order valence-corrected chi connectivity index (χ4v) is 13.5. The highest BCUT2D eigenvalue weighted by Crippen LogP contribution is 2.55. The van der Waals surface area contributed by atoms with Crippen LogP contribution in [0.25, 0.3) is 75.0 Å². The van der Waals surface area contributed by atoms with Crippen LogP contribution in [0.15, 0.2) is 115 Å². The van der Waals surface area contributed by atoms with Crippen molar-refractivity contribution in [1.29, 1.82) is 0 Å². The van der Waals surface area contributed by atoms with Crippen LogP contribution in [0.1, 0.15) is 132 Å². The molecule has 7 aromatic carbocycles. The number of benzene rings is 7. The summed E-state index contributed by atoms with van der Waals surface area (Å²) < 4.78 is 8.15. The molecule has 0 radical (unpaired) electrons. The second-order valence-corrected chi connectivity index (χ2v) is 27.0. The molecule has 69 heavy (non-hydrogen) atoms. The molecule has 344 valence electrons. The summed E-state index contributed by atoms with van der Waals surface area (Å²) in [4.78, 5) is 2.69. The van der Waals surface area contributed by atoms with E-state index in [-0.39, 0.29) is 33.8 Å². The first kappa shape index (κ1) is 43.0. The zero-order valence-electron chi connectivity index (χ0n) is 43.3. The van der Waals surface area contributed by atoms with Crippen LogP contribution in [0, 0.1) is 0 Å². The van der Waals surface area contributed by atoms with E-state index < -0.39 is 0 Å². The van der Waals surface area contributed by atoms with Crippen LogP contribution in [0.4, 0.5) is 17.1 Å². The first-order chi connectivity index (χ1) is 32.4. The van der Waals surface area contributed by atoms with Gasteiger partial charge in [-0.3, -0.25) is 0 Å². The minimum absolute atomic E-state index is 0.00576. The Morgan fingerprint density at radius 1 is 0.420 bits per heavy atom. The molecule has 2 aliphatic rings. The third-order valence-electron chi connectivity index (χ3n) is 16.2. The standard InChI is InChI=1S/C64H64BN3S/c1-60(2,3)35-20-25-40(26-21-35)66-49-29-24-38(63(10,11)12)33-45(49)65-46-34-39(64(13,14)15)32-43-42-30-36(61(4,5)6)22-27-47(42)67(54(43)46)58-52-56-51(57(66)53(58)65)44-31-37(62(7,8)9)23-28-48(44)68(56)55-41-18-16-17-19-50(41)69-59(52)55/h16-34H,1-15H3. The van der Waals surface area contributed by atoms with E-state index in [1.165, 1.54) is 136 Å². The Labute approximate surface area is 412 Å². The third kappa shape index (κ3) is 5.80. The quantitative estimate of drug-likeness (QED) is 0.150. The van der Waals surface area contributed by atoms with Crippen LogP contribution < -0.4 is 21.3 Å². The van der Waals surface area contributed by atoms with Crippen LogP contribution in [-0.2, 0) is 27.1 Å². The summed E-state index contributed by atoms with van der Waals surface area (Å²) in [5, 5.41) is 8.08. The third-order valence-corrected chi connectivity index (χ3v) is 17.4. The Bertz CT molecular complexity index is 4020. The van der Waals surface area contributed by atoms with Gasteiger partial charge in [-0.15, -0.1) is 11.3 Å². The number of anilines is 3. The number of hydrogen-bond acceptors (Lipinski definition) is 2. The molecule has 0 aliphatic carbocycles. The van der Waals surface area contributed by atoms with E-state index in [1.807, 2.05) is 11.3 Å². The summed E-state index contributed by atoms with van der Waals surface area (Å²) in [7, 11) is 0. The highest BCUT2D eigenvalue weighted by molar-refractivity contribution is 7.27. The molecular weight excluding hydrogens is 854 g/mol. The molecule has 0 saturated carbocycles. The molecule has 0 bridgehead atoms. The summed E-state index contributed by atoms with van der Waals surface area (Å²) >= 11 is 1.98. The minimum atomic E-state index is -0.0732. The molecule has 4 aromatic heterocycles. The van der Waals surface area contributed by atoms with Crippen LogP contribution in [0.3, 0.4) is 0 Å². The molecule has 3 nitrogen and oxygen atoms in total. The molecular formula is C64H64BN3S. The molecule has 0 atom stereocenters. The topological polar surface area (TPSA) is 12.6 Å². The summed E-state index contributed by atoms with van der Waals surface area (Å²) in [5.41, 5.74) is 22.6. The van der Waals surface area contributed by atoms with Crippen molar-refractivity contribution in [1.82, 2.24) is 8.97 Å². The molecule has 0 amide bonds. The van der Waals surface area contributed by atoms with Crippen molar-refractivity contribution in [2.24, 2.45) is 0 Å². The normalized spacial score (nSPS) is 14.5. The van der Waals surface area contributed by atoms with Gasteiger partial charge >= 0.3 is 0 Å². The molecule has 0 unspecified atom stereocenters. The van der Waals surface area contributed by atoms with Crippen molar-refractivity contribution >= 4 is 121 Å². The highest BCUT2D eigenvalue weighted by Gasteiger charge is 2.47. The molecule has 5 heteroatoms. The van der Waals surface area contributed by atoms with E-state index in [1.54, 1.807) is 0 Å². The van der Waals surface area contributed by atoms with Gasteiger partial charge in [0.15, 0.2) is 0 Å². The number of hydrogen-bond donors (Lipinski definition) is 0. The van der Waals surface area contributed by atoms with E-state index in [9.17, 15) is 0 Å². The number of fused-ring (bicyclic) bond motifs is 17. The zero-order chi connectivity index (χ0) is 48.4. The smallest absolute Gasteiger partial charge is 0.252 e. The van der Waals surface area contributed by atoms with E-state index in [2.05, 4.69) is 233 Å². The molecule has 0 spiro atoms. The second kappa shape index (κ2) is 13.4. The van der Waals surface area contributed by atoms with Gasteiger partial charge in [-0.05, 0) is 126 Å². The van der Waals surface area contributed by atoms with Gasteiger partial charge in [0.25, 0.3) is 6.71 Å². The Kier molecular flexibility index (Phi) is 8.37. The van der Waals surface area contributed by atoms with E-state index in [4.69, 9.17) is 0 Å². The number of nitrogens with zero attached hydrogens (tertiary/aromatic N) is 3. The van der Waals surface area contributed by atoms with Crippen molar-refractivity contribution in [2.45, 2.75) is 131 Å². The van der Waals surface area contributed by atoms with Crippen LogP contribution >= 0.6 is 11.3 Å². The fourth-order valence-electron chi connectivity index (χ4n) is 12.3. The fraction of sp³-hybridized carbons (Fsp3) is 0.312. The van der Waals surface area contributed by atoms with Crippen molar-refractivity contribution in [3.8, 4) is 5.69 Å². The number of aromatic nitrogens is 2. The van der Waals surface area contributed by atoms with Gasteiger partial charge in [0, 0.05) is 53.9 Å². The first-order valence-corrected chi connectivity index (χ1v) is 26.1. The maximum absolute atomic E-state index is 2.75. The van der Waals surface area contributed by atoms with E-state index in [0.717, 1.165) is 0 Å². The lowest BCUT2D eigenvalue weighted by atomic mass is 9.33. The predicted octanol–water partition coefficient (Wildman–Crippen LogP) is 16.2. The average molecular weight is 918 g/mol. The molecule has 0 fully saturated rings. The summed E-state index contributed by atoms with van der Waals surface area (Å²) in [6.07, 6.45) is 0. The predicted molar refractivity (Wildman–Crippen MR) is 304 cm³/mol. The summed E-state index contributed by atoms with van der Waals surface area (Å²) in [6, 6.07) is 46.2. The summed E-state index contributed by atoms with van der Waals surface area (Å²) in [6.45, 7) is 35.4. The molecule has 0 saturated heterocycles. The van der Waals surface area contributed by atoms with Gasteiger partial charge in [-0.2, -0.15) is 0 Å². The Morgan fingerprint density at radius 3 is 1.62 bits per heavy atom. The van der Waals surface area contributed by atoms with Crippen molar-refractivity contribution in [3.63, 3.8) is 0 Å². The zero-order valence-corrected chi connectivity index (χ0v) is 44.1. The lowest BCUT2D eigenvalue weighted by Gasteiger charge is -2.42.